The molecule has 0 saturated carbocycles. The van der Waals surface area contributed by atoms with E-state index in [-0.39, 0.29) is 6.42 Å². The normalized spacial score (nSPS) is 11.8. The maximum atomic E-state index is 11.1. The van der Waals surface area contributed by atoms with Crippen LogP contribution in [0.5, 0.6) is 11.6 Å². The monoisotopic (exact) mass is 241 g/mol. The van der Waals surface area contributed by atoms with Crippen molar-refractivity contribution in [1.29, 1.82) is 0 Å². The van der Waals surface area contributed by atoms with Gasteiger partial charge in [0.25, 0.3) is 0 Å². The van der Waals surface area contributed by atoms with Crippen LogP contribution in [0.4, 0.5) is 0 Å². The van der Waals surface area contributed by atoms with Gasteiger partial charge < -0.3 is 19.3 Å². The molecular weight excluding hydrogens is 226 g/mol. The van der Waals surface area contributed by atoms with E-state index in [1.807, 2.05) is 0 Å². The zero-order valence-electron chi connectivity index (χ0n) is 9.97. The Morgan fingerprint density at radius 3 is 2.65 bits per heavy atom. The van der Waals surface area contributed by atoms with Gasteiger partial charge in [0, 0.05) is 11.6 Å². The first-order valence-corrected chi connectivity index (χ1v) is 4.95. The summed E-state index contributed by atoms with van der Waals surface area (Å²) in [6, 6.07) is 1.52. The summed E-state index contributed by atoms with van der Waals surface area (Å²) < 4.78 is 14.5. The van der Waals surface area contributed by atoms with E-state index in [9.17, 15) is 9.90 Å². The van der Waals surface area contributed by atoms with Gasteiger partial charge in [-0.2, -0.15) is 0 Å². The van der Waals surface area contributed by atoms with Gasteiger partial charge >= 0.3 is 5.97 Å². The molecule has 1 rings (SSSR count). The summed E-state index contributed by atoms with van der Waals surface area (Å²) in [7, 11) is 4.18. The molecule has 0 amide bonds. The lowest BCUT2D eigenvalue weighted by Gasteiger charge is -2.14. The van der Waals surface area contributed by atoms with Crippen LogP contribution in [0.3, 0.4) is 0 Å². The summed E-state index contributed by atoms with van der Waals surface area (Å²) in [5.74, 6) is 0.224. The molecule has 17 heavy (non-hydrogen) atoms. The molecule has 1 atom stereocenters. The first kappa shape index (κ1) is 13.2. The maximum Gasteiger partial charge on any atom is 0.308 e. The number of carbonyl (C=O) groups excluding carboxylic acids is 1. The molecule has 0 aliphatic carbocycles. The van der Waals surface area contributed by atoms with Crippen LogP contribution in [0.25, 0.3) is 0 Å². The fraction of sp³-hybridized carbons (Fsp3) is 0.455. The van der Waals surface area contributed by atoms with E-state index in [1.165, 1.54) is 33.6 Å². The average Bonchev–Trinajstić information content (AvgIpc) is 2.37. The van der Waals surface area contributed by atoms with E-state index in [0.29, 0.717) is 17.2 Å². The molecule has 1 unspecified atom stereocenters. The lowest BCUT2D eigenvalue weighted by atomic mass is 10.1. The Kier molecular flexibility index (Phi) is 4.71. The molecule has 1 heterocycles. The highest BCUT2D eigenvalue weighted by molar-refractivity contribution is 5.70. The number of pyridine rings is 1. The Bertz CT molecular complexity index is 393. The first-order valence-electron chi connectivity index (χ1n) is 4.95. The summed E-state index contributed by atoms with van der Waals surface area (Å²) in [5.41, 5.74) is 0.435. The summed E-state index contributed by atoms with van der Waals surface area (Å²) in [5, 5.41) is 9.89. The number of rotatable bonds is 5. The van der Waals surface area contributed by atoms with Crippen LogP contribution in [0, 0.1) is 0 Å². The molecule has 1 N–H and O–H groups in total. The van der Waals surface area contributed by atoms with Crippen molar-refractivity contribution in [3.05, 3.63) is 17.8 Å². The van der Waals surface area contributed by atoms with Gasteiger partial charge in [-0.15, -0.1) is 0 Å². The van der Waals surface area contributed by atoms with Crippen molar-refractivity contribution in [2.45, 2.75) is 12.5 Å². The largest absolute Gasteiger partial charge is 0.495 e. The quantitative estimate of drug-likeness (QED) is 0.764. The molecule has 0 spiro atoms. The zero-order valence-corrected chi connectivity index (χ0v) is 9.97. The molecule has 0 bridgehead atoms. The molecule has 0 saturated heterocycles. The lowest BCUT2D eigenvalue weighted by Crippen LogP contribution is -2.09. The van der Waals surface area contributed by atoms with E-state index in [1.54, 1.807) is 0 Å². The van der Waals surface area contributed by atoms with Gasteiger partial charge in [0.1, 0.15) is 5.75 Å². The fourth-order valence-electron chi connectivity index (χ4n) is 1.33. The van der Waals surface area contributed by atoms with Gasteiger partial charge in [-0.3, -0.25) is 4.79 Å². The second-order valence-electron chi connectivity index (χ2n) is 3.26. The molecule has 1 aromatic heterocycles. The van der Waals surface area contributed by atoms with Crippen molar-refractivity contribution in [2.75, 3.05) is 21.3 Å². The third-order valence-electron chi connectivity index (χ3n) is 2.25. The molecule has 0 fully saturated rings. The molecule has 6 nitrogen and oxygen atoms in total. The van der Waals surface area contributed by atoms with E-state index in [4.69, 9.17) is 9.47 Å². The second kappa shape index (κ2) is 6.05. The van der Waals surface area contributed by atoms with Crippen molar-refractivity contribution in [3.63, 3.8) is 0 Å². The van der Waals surface area contributed by atoms with Crippen LogP contribution in [0.15, 0.2) is 12.3 Å². The Morgan fingerprint density at radius 1 is 1.41 bits per heavy atom. The van der Waals surface area contributed by atoms with Gasteiger partial charge in [0.05, 0.1) is 40.1 Å². The van der Waals surface area contributed by atoms with Crippen molar-refractivity contribution in [2.24, 2.45) is 0 Å². The Morgan fingerprint density at radius 2 is 2.12 bits per heavy atom. The lowest BCUT2D eigenvalue weighted by molar-refractivity contribution is -0.142. The number of aromatic nitrogens is 1. The highest BCUT2D eigenvalue weighted by Gasteiger charge is 2.18. The number of carbonyl (C=O) groups is 1. The topological polar surface area (TPSA) is 77.9 Å². The van der Waals surface area contributed by atoms with E-state index >= 15 is 0 Å². The third-order valence-corrected chi connectivity index (χ3v) is 2.25. The van der Waals surface area contributed by atoms with Gasteiger partial charge in [0.15, 0.2) is 0 Å². The minimum Gasteiger partial charge on any atom is -0.495 e. The van der Waals surface area contributed by atoms with Crippen molar-refractivity contribution in [3.8, 4) is 11.6 Å². The van der Waals surface area contributed by atoms with Gasteiger partial charge in [-0.05, 0) is 0 Å². The molecule has 6 heteroatoms. The van der Waals surface area contributed by atoms with Crippen molar-refractivity contribution < 1.29 is 24.1 Å². The number of esters is 1. The Labute approximate surface area is 99.1 Å². The molecule has 0 aliphatic heterocycles. The average molecular weight is 241 g/mol. The standard InChI is InChI=1S/C11H15NO5/c1-15-9-6-12-10(16-2)4-7(9)8(13)5-11(14)17-3/h4,6,8,13H,5H2,1-3H3. The molecular formula is C11H15NO5. The minimum absolute atomic E-state index is 0.153. The van der Waals surface area contributed by atoms with Crippen molar-refractivity contribution in [1.82, 2.24) is 4.98 Å². The smallest absolute Gasteiger partial charge is 0.308 e. The minimum atomic E-state index is -1.02. The summed E-state index contributed by atoms with van der Waals surface area (Å²) in [4.78, 5) is 15.0. The zero-order chi connectivity index (χ0) is 12.8. The van der Waals surface area contributed by atoms with Crippen LogP contribution >= 0.6 is 0 Å². The Hall–Kier alpha value is -1.82. The maximum absolute atomic E-state index is 11.1. The summed E-state index contributed by atoms with van der Waals surface area (Å²) in [6.45, 7) is 0. The molecule has 0 radical (unpaired) electrons. The number of hydrogen-bond acceptors (Lipinski definition) is 6. The van der Waals surface area contributed by atoms with Gasteiger partial charge in [-0.1, -0.05) is 0 Å². The predicted octanol–water partition coefficient (Wildman–Crippen LogP) is 0.695. The molecule has 0 aromatic carbocycles. The van der Waals surface area contributed by atoms with Crippen LogP contribution < -0.4 is 9.47 Å². The van der Waals surface area contributed by atoms with E-state index < -0.39 is 12.1 Å². The van der Waals surface area contributed by atoms with Crippen LogP contribution in [0.1, 0.15) is 18.1 Å². The van der Waals surface area contributed by atoms with Crippen LogP contribution in [0.2, 0.25) is 0 Å². The number of hydrogen-bond donors (Lipinski definition) is 1. The van der Waals surface area contributed by atoms with Gasteiger partial charge in [0.2, 0.25) is 5.88 Å². The summed E-state index contributed by atoms with van der Waals surface area (Å²) >= 11 is 0. The highest BCUT2D eigenvalue weighted by atomic mass is 16.5. The number of ether oxygens (including phenoxy) is 3. The summed E-state index contributed by atoms with van der Waals surface area (Å²) in [6.07, 6.45) is 0.253. The second-order valence-corrected chi connectivity index (χ2v) is 3.26. The number of nitrogens with zero attached hydrogens (tertiary/aromatic N) is 1. The van der Waals surface area contributed by atoms with E-state index in [0.717, 1.165) is 0 Å². The SMILES string of the molecule is COC(=O)CC(O)c1cc(OC)ncc1OC. The third kappa shape index (κ3) is 3.32. The highest BCUT2D eigenvalue weighted by Crippen LogP contribution is 2.29. The Balaban J connectivity index is 2.96. The molecule has 0 aliphatic rings. The van der Waals surface area contributed by atoms with Crippen molar-refractivity contribution >= 4 is 5.97 Å². The fourth-order valence-corrected chi connectivity index (χ4v) is 1.33. The molecule has 94 valence electrons. The number of aliphatic hydroxyl groups is 1. The van der Waals surface area contributed by atoms with Gasteiger partial charge in [-0.25, -0.2) is 4.98 Å². The predicted molar refractivity (Wildman–Crippen MR) is 58.9 cm³/mol. The first-order chi connectivity index (χ1) is 8.12. The van der Waals surface area contributed by atoms with Crippen LogP contribution in [-0.2, 0) is 9.53 Å². The molecule has 1 aromatic rings. The van der Waals surface area contributed by atoms with E-state index in [2.05, 4.69) is 9.72 Å². The van der Waals surface area contributed by atoms with Crippen LogP contribution in [-0.4, -0.2) is 37.4 Å². The number of aliphatic hydroxyl groups excluding tert-OH is 1. The number of methoxy groups -OCH3 is 3.